The molecule has 1 aliphatic rings. The van der Waals surface area contributed by atoms with Crippen LogP contribution in [0.25, 0.3) is 0 Å². The maximum Gasteiger partial charge on any atom is 0.225 e. The van der Waals surface area contributed by atoms with Crippen LogP contribution in [0.1, 0.15) is 12.8 Å². The molecule has 1 atom stereocenters. The smallest absolute Gasteiger partial charge is 0.225 e. The second kappa shape index (κ2) is 4.93. The molecule has 5 nitrogen and oxygen atoms in total. The van der Waals surface area contributed by atoms with Crippen LogP contribution in [-0.2, 0) is 4.74 Å². The van der Waals surface area contributed by atoms with Crippen molar-refractivity contribution < 1.29 is 9.47 Å². The summed E-state index contributed by atoms with van der Waals surface area (Å²) in [6, 6.07) is 1.75. The third-order valence-corrected chi connectivity index (χ3v) is 2.29. The zero-order valence-corrected chi connectivity index (χ0v) is 8.77. The Balaban J connectivity index is 1.86. The van der Waals surface area contributed by atoms with E-state index in [1.54, 1.807) is 19.3 Å². The summed E-state index contributed by atoms with van der Waals surface area (Å²) < 4.78 is 11.0. The number of nitrogens with zero attached hydrogens (tertiary/aromatic N) is 2. The molecule has 1 unspecified atom stereocenters. The quantitative estimate of drug-likeness (QED) is 0.804. The Bertz CT molecular complexity index is 313. The molecule has 2 rings (SSSR count). The first-order valence-electron chi connectivity index (χ1n) is 5.13. The molecule has 1 fully saturated rings. The maximum absolute atomic E-state index is 5.52. The topological polar surface area (TPSA) is 56.3 Å². The number of nitrogens with one attached hydrogen (secondary N) is 1. The van der Waals surface area contributed by atoms with E-state index in [1.165, 1.54) is 0 Å². The number of anilines is 1. The third kappa shape index (κ3) is 2.79. The molecule has 5 heteroatoms. The van der Waals surface area contributed by atoms with E-state index in [0.717, 1.165) is 19.4 Å². The van der Waals surface area contributed by atoms with Gasteiger partial charge in [-0.2, -0.15) is 4.98 Å². The standard InChI is InChI=1S/C10H15N3O2/c1-11-10-12-5-4-9(13-10)15-7-8-3-2-6-14-8/h4-5,8H,2-3,6-7H2,1H3,(H,11,12,13). The fourth-order valence-corrected chi connectivity index (χ4v) is 1.50. The summed E-state index contributed by atoms with van der Waals surface area (Å²) in [6.07, 6.45) is 4.09. The molecule has 15 heavy (non-hydrogen) atoms. The average molecular weight is 209 g/mol. The average Bonchev–Trinajstić information content (AvgIpc) is 2.79. The van der Waals surface area contributed by atoms with Crippen molar-refractivity contribution in [3.63, 3.8) is 0 Å². The molecule has 0 spiro atoms. The zero-order valence-electron chi connectivity index (χ0n) is 8.77. The van der Waals surface area contributed by atoms with Crippen molar-refractivity contribution in [3.05, 3.63) is 12.3 Å². The Morgan fingerprint density at radius 2 is 2.60 bits per heavy atom. The molecular weight excluding hydrogens is 194 g/mol. The lowest BCUT2D eigenvalue weighted by Gasteiger charge is -2.10. The summed E-state index contributed by atoms with van der Waals surface area (Å²) in [5.41, 5.74) is 0. The van der Waals surface area contributed by atoms with Gasteiger partial charge in [0.2, 0.25) is 11.8 Å². The minimum absolute atomic E-state index is 0.220. The van der Waals surface area contributed by atoms with Gasteiger partial charge in [0.05, 0.1) is 6.10 Å². The Hall–Kier alpha value is -1.36. The zero-order chi connectivity index (χ0) is 10.5. The molecule has 0 bridgehead atoms. The third-order valence-electron chi connectivity index (χ3n) is 2.29. The van der Waals surface area contributed by atoms with Crippen LogP contribution in [0.2, 0.25) is 0 Å². The van der Waals surface area contributed by atoms with Crippen molar-refractivity contribution in [2.45, 2.75) is 18.9 Å². The van der Waals surface area contributed by atoms with E-state index in [4.69, 9.17) is 9.47 Å². The van der Waals surface area contributed by atoms with Gasteiger partial charge >= 0.3 is 0 Å². The van der Waals surface area contributed by atoms with Crippen molar-refractivity contribution in [1.29, 1.82) is 0 Å². The van der Waals surface area contributed by atoms with Crippen LogP contribution in [-0.4, -0.2) is 36.3 Å². The fourth-order valence-electron chi connectivity index (χ4n) is 1.50. The van der Waals surface area contributed by atoms with Crippen LogP contribution in [0.15, 0.2) is 12.3 Å². The Labute approximate surface area is 88.8 Å². The molecule has 82 valence electrons. The first kappa shape index (κ1) is 10.2. The monoisotopic (exact) mass is 209 g/mol. The second-order valence-electron chi connectivity index (χ2n) is 3.41. The maximum atomic E-state index is 5.52. The second-order valence-corrected chi connectivity index (χ2v) is 3.41. The van der Waals surface area contributed by atoms with E-state index in [-0.39, 0.29) is 6.10 Å². The van der Waals surface area contributed by atoms with Gasteiger partial charge in [0.1, 0.15) is 6.61 Å². The Morgan fingerprint density at radius 3 is 3.33 bits per heavy atom. The van der Waals surface area contributed by atoms with E-state index >= 15 is 0 Å². The van der Waals surface area contributed by atoms with Gasteiger partial charge in [0, 0.05) is 25.9 Å². The highest BCUT2D eigenvalue weighted by atomic mass is 16.5. The van der Waals surface area contributed by atoms with Crippen molar-refractivity contribution >= 4 is 5.95 Å². The summed E-state index contributed by atoms with van der Waals surface area (Å²) in [5.74, 6) is 1.16. The van der Waals surface area contributed by atoms with E-state index in [1.807, 2.05) is 0 Å². The molecular formula is C10H15N3O2. The van der Waals surface area contributed by atoms with E-state index < -0.39 is 0 Å². The van der Waals surface area contributed by atoms with Crippen LogP contribution in [0.5, 0.6) is 5.88 Å². The summed E-state index contributed by atoms with van der Waals surface area (Å²) in [6.45, 7) is 1.42. The van der Waals surface area contributed by atoms with Crippen molar-refractivity contribution in [3.8, 4) is 5.88 Å². The highest BCUT2D eigenvalue weighted by molar-refractivity contribution is 5.25. The van der Waals surface area contributed by atoms with Gasteiger partial charge in [-0.1, -0.05) is 0 Å². The number of aromatic nitrogens is 2. The number of ether oxygens (including phenoxy) is 2. The molecule has 2 heterocycles. The predicted octanol–water partition coefficient (Wildman–Crippen LogP) is 1.08. The van der Waals surface area contributed by atoms with Gasteiger partial charge in [-0.3, -0.25) is 0 Å². The van der Waals surface area contributed by atoms with E-state index in [9.17, 15) is 0 Å². The fraction of sp³-hybridized carbons (Fsp3) is 0.600. The van der Waals surface area contributed by atoms with Crippen molar-refractivity contribution in [1.82, 2.24) is 9.97 Å². The Morgan fingerprint density at radius 1 is 1.67 bits per heavy atom. The van der Waals surface area contributed by atoms with E-state index in [2.05, 4.69) is 15.3 Å². The summed E-state index contributed by atoms with van der Waals surface area (Å²) >= 11 is 0. The summed E-state index contributed by atoms with van der Waals surface area (Å²) in [7, 11) is 1.78. The number of hydrogen-bond acceptors (Lipinski definition) is 5. The first-order chi connectivity index (χ1) is 7.38. The van der Waals surface area contributed by atoms with Crippen LogP contribution in [0, 0.1) is 0 Å². The molecule has 1 saturated heterocycles. The molecule has 0 aliphatic carbocycles. The lowest BCUT2D eigenvalue weighted by Crippen LogP contribution is -2.16. The molecule has 1 N–H and O–H groups in total. The molecule has 1 aromatic heterocycles. The summed E-state index contributed by atoms with van der Waals surface area (Å²) in [4.78, 5) is 8.16. The lowest BCUT2D eigenvalue weighted by molar-refractivity contribution is 0.0663. The SMILES string of the molecule is CNc1nccc(OCC2CCCO2)n1. The van der Waals surface area contributed by atoms with Crippen molar-refractivity contribution in [2.75, 3.05) is 25.6 Å². The molecule has 0 amide bonds. The van der Waals surface area contributed by atoms with Gasteiger partial charge in [-0.15, -0.1) is 0 Å². The molecule has 0 aromatic carbocycles. The Kier molecular flexibility index (Phi) is 3.34. The van der Waals surface area contributed by atoms with Crippen molar-refractivity contribution in [2.24, 2.45) is 0 Å². The highest BCUT2D eigenvalue weighted by Crippen LogP contribution is 2.14. The minimum Gasteiger partial charge on any atom is -0.475 e. The van der Waals surface area contributed by atoms with Gasteiger partial charge in [0.15, 0.2) is 0 Å². The first-order valence-corrected chi connectivity index (χ1v) is 5.13. The molecule has 0 radical (unpaired) electrons. The van der Waals surface area contributed by atoms with Crippen LogP contribution >= 0.6 is 0 Å². The minimum atomic E-state index is 0.220. The predicted molar refractivity (Wildman–Crippen MR) is 56.0 cm³/mol. The molecule has 0 saturated carbocycles. The lowest BCUT2D eigenvalue weighted by atomic mass is 10.2. The van der Waals surface area contributed by atoms with Crippen LogP contribution in [0.4, 0.5) is 5.95 Å². The van der Waals surface area contributed by atoms with Crippen LogP contribution in [0.3, 0.4) is 0 Å². The summed E-state index contributed by atoms with van der Waals surface area (Å²) in [5, 5.41) is 2.86. The largest absolute Gasteiger partial charge is 0.475 e. The highest BCUT2D eigenvalue weighted by Gasteiger charge is 2.16. The number of rotatable bonds is 4. The molecule has 1 aromatic rings. The van der Waals surface area contributed by atoms with E-state index in [0.29, 0.717) is 18.4 Å². The molecule has 1 aliphatic heterocycles. The van der Waals surface area contributed by atoms with Gasteiger partial charge < -0.3 is 14.8 Å². The normalized spacial score (nSPS) is 20.2. The number of hydrogen-bond donors (Lipinski definition) is 1. The van der Waals surface area contributed by atoms with Gasteiger partial charge in [-0.05, 0) is 12.8 Å². The van der Waals surface area contributed by atoms with Gasteiger partial charge in [-0.25, -0.2) is 4.98 Å². The van der Waals surface area contributed by atoms with Gasteiger partial charge in [0.25, 0.3) is 0 Å². The van der Waals surface area contributed by atoms with Crippen LogP contribution < -0.4 is 10.1 Å².